The van der Waals surface area contributed by atoms with Crippen LogP contribution in [0.3, 0.4) is 0 Å². The first-order chi connectivity index (χ1) is 9.25. The monoisotopic (exact) mass is 257 g/mol. The Kier molecular flexibility index (Phi) is 2.87. The Bertz CT molecular complexity index is 579. The van der Waals surface area contributed by atoms with Gasteiger partial charge in [0, 0.05) is 18.4 Å². The van der Waals surface area contributed by atoms with Crippen molar-refractivity contribution in [3.63, 3.8) is 0 Å². The zero-order valence-electron chi connectivity index (χ0n) is 10.3. The molecule has 1 aromatic heterocycles. The number of fused-ring (bicyclic) bond motifs is 1. The summed E-state index contributed by atoms with van der Waals surface area (Å²) in [4.78, 5) is 15.9. The van der Waals surface area contributed by atoms with Crippen LogP contribution in [0.2, 0.25) is 0 Å². The Hall–Kier alpha value is -2.43. The van der Waals surface area contributed by atoms with Crippen molar-refractivity contribution in [3.05, 3.63) is 53.9 Å². The molecule has 19 heavy (non-hydrogen) atoms. The molecule has 1 aliphatic rings. The predicted molar refractivity (Wildman–Crippen MR) is 72.0 cm³/mol. The fraction of sp³-hybridized carbons (Fsp3) is 0.214. The number of H-pyrrole nitrogens is 1. The molecule has 5 heteroatoms. The van der Waals surface area contributed by atoms with Crippen LogP contribution in [0.5, 0.6) is 0 Å². The lowest BCUT2D eigenvalue weighted by Crippen LogP contribution is -2.42. The van der Waals surface area contributed by atoms with Gasteiger partial charge in [-0.2, -0.15) is 0 Å². The van der Waals surface area contributed by atoms with Crippen molar-refractivity contribution < 1.29 is 9.90 Å². The third kappa shape index (κ3) is 2.14. The van der Waals surface area contributed by atoms with Crippen LogP contribution >= 0.6 is 0 Å². The molecule has 0 saturated heterocycles. The van der Waals surface area contributed by atoms with Crippen molar-refractivity contribution in [2.75, 3.05) is 11.9 Å². The van der Waals surface area contributed by atoms with Gasteiger partial charge in [-0.1, -0.05) is 18.2 Å². The Morgan fingerprint density at radius 2 is 2.11 bits per heavy atom. The number of carbonyl (C=O) groups is 1. The summed E-state index contributed by atoms with van der Waals surface area (Å²) >= 11 is 0. The number of anilines is 1. The number of benzene rings is 1. The van der Waals surface area contributed by atoms with Crippen molar-refractivity contribution in [2.24, 2.45) is 0 Å². The smallest absolute Gasteiger partial charge is 0.409 e. The van der Waals surface area contributed by atoms with E-state index in [-0.39, 0.29) is 6.17 Å². The van der Waals surface area contributed by atoms with Crippen LogP contribution < -0.4 is 5.32 Å². The van der Waals surface area contributed by atoms with Crippen LogP contribution in [0, 0.1) is 0 Å². The Morgan fingerprint density at radius 3 is 2.84 bits per heavy atom. The molecular formula is C14H15N3O2. The Morgan fingerprint density at radius 1 is 1.32 bits per heavy atom. The number of aromatic amines is 1. The summed E-state index contributed by atoms with van der Waals surface area (Å²) in [6.45, 7) is 0.505. The van der Waals surface area contributed by atoms with E-state index in [2.05, 4.69) is 10.3 Å². The van der Waals surface area contributed by atoms with E-state index in [0.717, 1.165) is 17.8 Å². The molecule has 1 atom stereocenters. The second-order valence-corrected chi connectivity index (χ2v) is 4.56. The molecule has 2 aromatic rings. The van der Waals surface area contributed by atoms with Gasteiger partial charge in [-0.05, 0) is 30.2 Å². The first-order valence-corrected chi connectivity index (χ1v) is 6.23. The van der Waals surface area contributed by atoms with E-state index in [0.29, 0.717) is 6.54 Å². The maximum Gasteiger partial charge on any atom is 0.409 e. The van der Waals surface area contributed by atoms with E-state index >= 15 is 0 Å². The first-order valence-electron chi connectivity index (χ1n) is 6.23. The number of nitrogens with one attached hydrogen (secondary N) is 2. The van der Waals surface area contributed by atoms with E-state index in [1.165, 1.54) is 10.5 Å². The summed E-state index contributed by atoms with van der Waals surface area (Å²) < 4.78 is 0. The van der Waals surface area contributed by atoms with Crippen molar-refractivity contribution in [3.8, 4) is 0 Å². The number of nitrogens with zero attached hydrogens (tertiary/aromatic N) is 1. The molecule has 3 rings (SSSR count). The zero-order chi connectivity index (χ0) is 13.2. The van der Waals surface area contributed by atoms with Gasteiger partial charge in [0.1, 0.15) is 6.17 Å². The second kappa shape index (κ2) is 4.68. The number of rotatable bonds is 2. The maximum absolute atomic E-state index is 11.4. The van der Waals surface area contributed by atoms with E-state index in [4.69, 9.17) is 0 Å². The predicted octanol–water partition coefficient (Wildman–Crippen LogP) is 2.66. The minimum absolute atomic E-state index is 0.362. The van der Waals surface area contributed by atoms with Gasteiger partial charge in [-0.3, -0.25) is 4.90 Å². The molecule has 2 heterocycles. The van der Waals surface area contributed by atoms with Gasteiger partial charge in [-0.15, -0.1) is 0 Å². The summed E-state index contributed by atoms with van der Waals surface area (Å²) in [6, 6.07) is 11.6. The summed E-state index contributed by atoms with van der Waals surface area (Å²) in [5.74, 6) is 0. The van der Waals surface area contributed by atoms with E-state index in [9.17, 15) is 9.90 Å². The third-order valence-corrected chi connectivity index (χ3v) is 3.40. The summed E-state index contributed by atoms with van der Waals surface area (Å²) in [7, 11) is 0. The average Bonchev–Trinajstić information content (AvgIpc) is 2.88. The maximum atomic E-state index is 11.4. The van der Waals surface area contributed by atoms with Crippen molar-refractivity contribution in [1.29, 1.82) is 0 Å². The Balaban J connectivity index is 1.93. The van der Waals surface area contributed by atoms with E-state index < -0.39 is 6.09 Å². The van der Waals surface area contributed by atoms with Gasteiger partial charge < -0.3 is 15.4 Å². The highest BCUT2D eigenvalue weighted by molar-refractivity contribution is 5.67. The van der Waals surface area contributed by atoms with Crippen LogP contribution in [0.25, 0.3) is 0 Å². The summed E-state index contributed by atoms with van der Waals surface area (Å²) in [5.41, 5.74) is 3.00. The van der Waals surface area contributed by atoms with Gasteiger partial charge in [0.25, 0.3) is 0 Å². The van der Waals surface area contributed by atoms with Gasteiger partial charge in [0.2, 0.25) is 0 Å². The lowest BCUT2D eigenvalue weighted by atomic mass is 10.1. The molecule has 1 aliphatic heterocycles. The number of aromatic nitrogens is 1. The largest absolute Gasteiger partial charge is 0.465 e. The van der Waals surface area contributed by atoms with E-state index in [1.54, 1.807) is 0 Å². The molecule has 5 nitrogen and oxygen atoms in total. The molecule has 0 aliphatic carbocycles. The summed E-state index contributed by atoms with van der Waals surface area (Å²) in [6.07, 6.45) is 1.33. The molecule has 1 aromatic carbocycles. The van der Waals surface area contributed by atoms with Gasteiger partial charge in [0.05, 0.1) is 5.69 Å². The van der Waals surface area contributed by atoms with Crippen LogP contribution in [-0.2, 0) is 6.42 Å². The van der Waals surface area contributed by atoms with E-state index in [1.807, 2.05) is 42.6 Å². The number of hydrogen-bond donors (Lipinski definition) is 3. The van der Waals surface area contributed by atoms with Gasteiger partial charge in [0.15, 0.2) is 0 Å². The topological polar surface area (TPSA) is 68.4 Å². The number of para-hydroxylation sites is 1. The number of hydrogen-bond acceptors (Lipinski definition) is 2. The molecule has 98 valence electrons. The van der Waals surface area contributed by atoms with Crippen LogP contribution in [0.15, 0.2) is 42.6 Å². The quantitative estimate of drug-likeness (QED) is 0.774. The van der Waals surface area contributed by atoms with Crippen molar-refractivity contribution in [1.82, 2.24) is 9.88 Å². The average molecular weight is 257 g/mol. The normalized spacial score (nSPS) is 17.9. The van der Waals surface area contributed by atoms with Crippen LogP contribution in [-0.4, -0.2) is 27.6 Å². The van der Waals surface area contributed by atoms with Crippen LogP contribution in [0.4, 0.5) is 10.5 Å². The molecule has 0 radical (unpaired) electrons. The lowest BCUT2D eigenvalue weighted by Gasteiger charge is -2.34. The number of amides is 1. The molecule has 0 fully saturated rings. The third-order valence-electron chi connectivity index (χ3n) is 3.40. The molecule has 0 spiro atoms. The second-order valence-electron chi connectivity index (χ2n) is 4.56. The number of carboxylic acid groups (broad SMARTS) is 1. The fourth-order valence-corrected chi connectivity index (χ4v) is 2.46. The van der Waals surface area contributed by atoms with Crippen molar-refractivity contribution in [2.45, 2.75) is 12.6 Å². The highest BCUT2D eigenvalue weighted by Gasteiger charge is 2.31. The highest BCUT2D eigenvalue weighted by atomic mass is 16.4. The molecule has 1 amide bonds. The van der Waals surface area contributed by atoms with Crippen molar-refractivity contribution >= 4 is 11.8 Å². The molecule has 3 N–H and O–H groups in total. The zero-order valence-corrected chi connectivity index (χ0v) is 10.3. The lowest BCUT2D eigenvalue weighted by molar-refractivity contribution is 0.125. The minimum atomic E-state index is -0.909. The Labute approximate surface area is 110 Å². The molecule has 1 unspecified atom stereocenters. The molecule has 0 saturated carbocycles. The standard InChI is InChI=1S/C14H15N3O2/c18-14(19)17-9-7-10-6-8-15-12(10)13(17)16-11-4-2-1-3-5-11/h1-6,8,13,15-16H,7,9H2,(H,18,19). The van der Waals surface area contributed by atoms with Crippen LogP contribution in [0.1, 0.15) is 17.4 Å². The van der Waals surface area contributed by atoms with Gasteiger partial charge >= 0.3 is 6.09 Å². The SMILES string of the molecule is O=C(O)N1CCc2cc[nH]c2C1Nc1ccccc1. The fourth-order valence-electron chi connectivity index (χ4n) is 2.46. The molecule has 0 bridgehead atoms. The van der Waals surface area contributed by atoms with Gasteiger partial charge in [-0.25, -0.2) is 4.79 Å². The highest BCUT2D eigenvalue weighted by Crippen LogP contribution is 2.29. The first kappa shape index (κ1) is 11.6. The minimum Gasteiger partial charge on any atom is -0.465 e. The summed E-state index contributed by atoms with van der Waals surface area (Å²) in [5, 5.41) is 12.6. The molecular weight excluding hydrogens is 242 g/mol.